The largest absolute Gasteiger partial charge is 0.464 e. The summed E-state index contributed by atoms with van der Waals surface area (Å²) in [5.41, 5.74) is 12.1. The van der Waals surface area contributed by atoms with Crippen LogP contribution in [-0.2, 0) is 22.3 Å². The van der Waals surface area contributed by atoms with Gasteiger partial charge in [-0.1, -0.05) is 62.3 Å². The van der Waals surface area contributed by atoms with Crippen molar-refractivity contribution in [3.05, 3.63) is 48.6 Å². The second-order valence-corrected chi connectivity index (χ2v) is 22.9. The molecule has 3 heterocycles. The molecule has 2 N–H and O–H groups in total. The van der Waals surface area contributed by atoms with Crippen molar-refractivity contribution in [2.24, 2.45) is 0 Å². The standard InChI is InChI=1S/C34H53N5O3Si2/c1-23(2)44(24(3)4,25(5)6)42-17-10-11-30-38-31(27-12-13-29-26(21-27)15-18-41-29)32(28-14-16-36-33(35)37-28)39(30)22-40-19-20-43-34(7,8)9/h12-16,18,21,23-25H,10-11,17,19-20,22,43H2,1-9H3,(H2,35,36,37). The van der Waals surface area contributed by atoms with Crippen LogP contribution < -0.4 is 5.73 Å². The molecule has 0 spiro atoms. The SMILES string of the molecule is CC(C)[Si](OCCCc1nc(-c2ccc3occc3c2)c(-c2ccnc(N)n2)n1COCC[SiH2]C(C)(C)C)(C(C)C)C(C)C. The number of benzene rings is 1. The molecular formula is C34H53N5O3Si2. The number of rotatable bonds is 15. The molecule has 8 nitrogen and oxygen atoms in total. The lowest BCUT2D eigenvalue weighted by molar-refractivity contribution is 0.0863. The number of ether oxygens (including phenoxy) is 1. The Bertz CT molecular complexity index is 1480. The minimum absolute atomic E-state index is 0.232. The van der Waals surface area contributed by atoms with Gasteiger partial charge in [-0.25, -0.2) is 15.0 Å². The maximum Gasteiger partial charge on any atom is 0.220 e. The highest BCUT2D eigenvalue weighted by atomic mass is 28.4. The van der Waals surface area contributed by atoms with Gasteiger partial charge in [-0.2, -0.15) is 0 Å². The van der Waals surface area contributed by atoms with E-state index in [1.165, 1.54) is 0 Å². The minimum atomic E-state index is -1.95. The van der Waals surface area contributed by atoms with Gasteiger partial charge in [0.05, 0.1) is 23.3 Å². The summed E-state index contributed by atoms with van der Waals surface area (Å²) in [6.07, 6.45) is 5.06. The number of nitrogens with zero attached hydrogens (tertiary/aromatic N) is 4. The van der Waals surface area contributed by atoms with E-state index in [9.17, 15) is 0 Å². The van der Waals surface area contributed by atoms with Crippen LogP contribution in [-0.4, -0.2) is 50.6 Å². The van der Waals surface area contributed by atoms with Crippen LogP contribution in [0.5, 0.6) is 0 Å². The Labute approximate surface area is 267 Å². The highest BCUT2D eigenvalue weighted by Gasteiger charge is 2.44. The zero-order valence-electron chi connectivity index (χ0n) is 28.3. The van der Waals surface area contributed by atoms with Gasteiger partial charge in [0.15, 0.2) is 8.32 Å². The molecule has 1 aromatic carbocycles. The third kappa shape index (κ3) is 7.88. The van der Waals surface area contributed by atoms with Crippen molar-refractivity contribution >= 4 is 34.8 Å². The summed E-state index contributed by atoms with van der Waals surface area (Å²) >= 11 is 0. The lowest BCUT2D eigenvalue weighted by Crippen LogP contribution is -2.48. The highest BCUT2D eigenvalue weighted by molar-refractivity contribution is 6.77. The molecule has 0 aliphatic rings. The van der Waals surface area contributed by atoms with E-state index in [-0.39, 0.29) is 15.5 Å². The lowest BCUT2D eigenvalue weighted by atomic mass is 10.1. The van der Waals surface area contributed by atoms with E-state index in [4.69, 9.17) is 24.3 Å². The fraction of sp³-hybridized carbons (Fsp3) is 0.559. The van der Waals surface area contributed by atoms with E-state index in [0.717, 1.165) is 71.5 Å². The maximum absolute atomic E-state index is 6.91. The Kier molecular flexibility index (Phi) is 11.3. The molecule has 0 aliphatic heterocycles. The van der Waals surface area contributed by atoms with Gasteiger partial charge in [-0.05, 0) is 64.5 Å². The van der Waals surface area contributed by atoms with Gasteiger partial charge < -0.3 is 23.9 Å². The normalized spacial score (nSPS) is 13.1. The number of anilines is 1. The van der Waals surface area contributed by atoms with Crippen LogP contribution in [0.25, 0.3) is 33.6 Å². The summed E-state index contributed by atoms with van der Waals surface area (Å²) < 4.78 is 21.1. The molecule has 240 valence electrons. The van der Waals surface area contributed by atoms with Gasteiger partial charge in [-0.3, -0.25) is 0 Å². The fourth-order valence-corrected chi connectivity index (χ4v) is 13.7. The van der Waals surface area contributed by atoms with Crippen LogP contribution in [0.15, 0.2) is 47.2 Å². The number of aromatic nitrogens is 4. The van der Waals surface area contributed by atoms with Gasteiger partial charge in [0.1, 0.15) is 18.1 Å². The van der Waals surface area contributed by atoms with Crippen molar-refractivity contribution < 1.29 is 13.6 Å². The molecule has 44 heavy (non-hydrogen) atoms. The number of furan rings is 1. The molecule has 0 radical (unpaired) electrons. The van der Waals surface area contributed by atoms with Gasteiger partial charge in [-0.15, -0.1) is 0 Å². The molecule has 0 fully saturated rings. The van der Waals surface area contributed by atoms with Crippen LogP contribution >= 0.6 is 0 Å². The molecule has 0 aliphatic carbocycles. The minimum Gasteiger partial charge on any atom is -0.464 e. The molecule has 0 saturated heterocycles. The summed E-state index contributed by atoms with van der Waals surface area (Å²) in [6, 6.07) is 11.2. The molecule has 0 bridgehead atoms. The molecule has 10 heteroatoms. The van der Waals surface area contributed by atoms with Gasteiger partial charge in [0, 0.05) is 46.3 Å². The van der Waals surface area contributed by atoms with E-state index in [2.05, 4.69) is 89.0 Å². The average Bonchev–Trinajstić information content (AvgIpc) is 3.56. The Hall–Kier alpha value is -2.80. The van der Waals surface area contributed by atoms with Gasteiger partial charge >= 0.3 is 0 Å². The second-order valence-electron chi connectivity index (χ2n) is 14.1. The third-order valence-corrected chi connectivity index (χ3v) is 17.0. The number of nitrogens with two attached hydrogens (primary N) is 1. The molecule has 0 saturated carbocycles. The van der Waals surface area contributed by atoms with Crippen molar-refractivity contribution in [2.75, 3.05) is 18.9 Å². The predicted molar refractivity (Wildman–Crippen MR) is 187 cm³/mol. The van der Waals surface area contributed by atoms with Gasteiger partial charge in [0.25, 0.3) is 0 Å². The number of hydrogen-bond acceptors (Lipinski definition) is 7. The Morgan fingerprint density at radius 3 is 2.36 bits per heavy atom. The summed E-state index contributed by atoms with van der Waals surface area (Å²) in [5, 5.41) is 1.44. The number of nitrogen functional groups attached to an aromatic ring is 1. The van der Waals surface area contributed by atoms with Crippen molar-refractivity contribution in [3.63, 3.8) is 0 Å². The first-order chi connectivity index (χ1) is 20.8. The summed E-state index contributed by atoms with van der Waals surface area (Å²) in [5.74, 6) is 1.19. The number of hydrogen-bond donors (Lipinski definition) is 1. The molecule has 4 rings (SSSR count). The van der Waals surface area contributed by atoms with Crippen molar-refractivity contribution in [2.45, 2.75) is 110 Å². The summed E-state index contributed by atoms with van der Waals surface area (Å²) in [4.78, 5) is 14.1. The predicted octanol–water partition coefficient (Wildman–Crippen LogP) is 8.24. The smallest absolute Gasteiger partial charge is 0.220 e. The zero-order chi connectivity index (χ0) is 32.1. The van der Waals surface area contributed by atoms with E-state index < -0.39 is 8.32 Å². The van der Waals surface area contributed by atoms with Crippen LogP contribution in [0.2, 0.25) is 27.7 Å². The van der Waals surface area contributed by atoms with Crippen molar-refractivity contribution in [1.29, 1.82) is 0 Å². The molecule has 0 amide bonds. The number of aryl methyl sites for hydroxylation is 1. The average molecular weight is 636 g/mol. The first-order valence-corrected chi connectivity index (χ1v) is 20.1. The summed E-state index contributed by atoms with van der Waals surface area (Å²) in [7, 11) is -2.19. The quantitative estimate of drug-likeness (QED) is 0.104. The molecule has 0 unspecified atom stereocenters. The molecule has 3 aromatic heterocycles. The first kappa shape index (κ1) is 34.1. The fourth-order valence-electron chi connectivity index (χ4n) is 6.75. The van der Waals surface area contributed by atoms with E-state index in [1.54, 1.807) is 12.5 Å². The van der Waals surface area contributed by atoms with Gasteiger partial charge in [0.2, 0.25) is 5.95 Å². The molecule has 0 atom stereocenters. The molecule has 4 aromatic rings. The number of fused-ring (bicyclic) bond motifs is 1. The van der Waals surface area contributed by atoms with Crippen LogP contribution in [0.1, 0.15) is 74.6 Å². The second kappa shape index (κ2) is 14.5. The van der Waals surface area contributed by atoms with E-state index in [0.29, 0.717) is 28.4 Å². The summed E-state index contributed by atoms with van der Waals surface area (Å²) in [6.45, 7) is 22.8. The van der Waals surface area contributed by atoms with Crippen LogP contribution in [0, 0.1) is 0 Å². The molecular weight excluding hydrogens is 583 g/mol. The van der Waals surface area contributed by atoms with Crippen LogP contribution in [0.4, 0.5) is 5.95 Å². The first-order valence-electron chi connectivity index (χ1n) is 16.2. The van der Waals surface area contributed by atoms with E-state index in [1.807, 2.05) is 18.2 Å². The lowest BCUT2D eigenvalue weighted by Gasteiger charge is -2.42. The Morgan fingerprint density at radius 1 is 0.977 bits per heavy atom. The Morgan fingerprint density at radius 2 is 1.70 bits per heavy atom. The highest BCUT2D eigenvalue weighted by Crippen LogP contribution is 2.42. The Balaban J connectivity index is 1.70. The number of imidazole rings is 1. The maximum atomic E-state index is 6.91. The topological polar surface area (TPSA) is 101 Å². The van der Waals surface area contributed by atoms with Crippen molar-refractivity contribution in [3.8, 4) is 22.6 Å². The van der Waals surface area contributed by atoms with Crippen molar-refractivity contribution in [1.82, 2.24) is 19.5 Å². The zero-order valence-corrected chi connectivity index (χ0v) is 30.7. The van der Waals surface area contributed by atoms with Crippen LogP contribution in [0.3, 0.4) is 0 Å². The third-order valence-electron chi connectivity index (χ3n) is 8.73. The monoisotopic (exact) mass is 635 g/mol. The van der Waals surface area contributed by atoms with E-state index >= 15 is 0 Å².